The van der Waals surface area contributed by atoms with Crippen molar-refractivity contribution in [1.29, 1.82) is 0 Å². The van der Waals surface area contributed by atoms with Crippen LogP contribution in [-0.2, 0) is 4.79 Å². The molecular weight excluding hydrogens is 429 g/mol. The van der Waals surface area contributed by atoms with Gasteiger partial charge in [0.05, 0.1) is 0 Å². The lowest BCUT2D eigenvalue weighted by Gasteiger charge is -2.30. The van der Waals surface area contributed by atoms with Gasteiger partial charge in [0.1, 0.15) is 0 Å². The van der Waals surface area contributed by atoms with E-state index in [9.17, 15) is 4.79 Å². The zero-order valence-corrected chi connectivity index (χ0v) is 18.9. The van der Waals surface area contributed by atoms with Crippen LogP contribution >= 0.6 is 24.0 Å². The number of guanidine groups is 1. The second kappa shape index (κ2) is 13.6. The summed E-state index contributed by atoms with van der Waals surface area (Å²) in [5.41, 5.74) is 0. The minimum atomic E-state index is 0. The van der Waals surface area contributed by atoms with E-state index < -0.39 is 0 Å². The molecule has 0 radical (unpaired) electrons. The molecule has 0 aromatic heterocycles. The molecular formula is C18H38IN5O. The van der Waals surface area contributed by atoms with E-state index >= 15 is 0 Å². The Morgan fingerprint density at radius 2 is 1.68 bits per heavy atom. The van der Waals surface area contributed by atoms with Gasteiger partial charge in [0.25, 0.3) is 0 Å². The Hall–Kier alpha value is -0.570. The van der Waals surface area contributed by atoms with Crippen molar-refractivity contribution in [2.45, 2.75) is 66.0 Å². The van der Waals surface area contributed by atoms with E-state index in [-0.39, 0.29) is 35.8 Å². The standard InChI is InChI=1S/C18H37N5O.HI/c1-6-19-18(22-12-11-20-17(24)16-8-9-16)21-10-7-13-23(14(2)3)15(4)5;/h14-16H,6-13H2,1-5H3,(H,20,24)(H2,19,21,22);1H. The molecule has 25 heavy (non-hydrogen) atoms. The van der Waals surface area contributed by atoms with Gasteiger partial charge in [0, 0.05) is 50.7 Å². The van der Waals surface area contributed by atoms with Crippen molar-refractivity contribution in [2.75, 3.05) is 32.7 Å². The van der Waals surface area contributed by atoms with Crippen LogP contribution in [0.1, 0.15) is 53.9 Å². The number of amides is 1. The largest absolute Gasteiger partial charge is 0.357 e. The summed E-state index contributed by atoms with van der Waals surface area (Å²) in [7, 11) is 0. The highest BCUT2D eigenvalue weighted by Crippen LogP contribution is 2.28. The van der Waals surface area contributed by atoms with E-state index in [1.165, 1.54) is 0 Å². The van der Waals surface area contributed by atoms with E-state index in [1.54, 1.807) is 0 Å². The van der Waals surface area contributed by atoms with Gasteiger partial charge in [-0.2, -0.15) is 0 Å². The molecule has 148 valence electrons. The van der Waals surface area contributed by atoms with Crippen molar-refractivity contribution in [3.8, 4) is 0 Å². The van der Waals surface area contributed by atoms with Gasteiger partial charge < -0.3 is 16.0 Å². The monoisotopic (exact) mass is 467 g/mol. The first-order valence-electron chi connectivity index (χ1n) is 9.51. The number of nitrogens with zero attached hydrogens (tertiary/aromatic N) is 2. The summed E-state index contributed by atoms with van der Waals surface area (Å²) in [6, 6.07) is 1.13. The molecule has 0 unspecified atom stereocenters. The van der Waals surface area contributed by atoms with E-state index in [4.69, 9.17) is 0 Å². The molecule has 0 saturated heterocycles. The normalized spacial score (nSPS) is 14.6. The summed E-state index contributed by atoms with van der Waals surface area (Å²) in [4.78, 5) is 18.7. The zero-order valence-electron chi connectivity index (χ0n) is 16.6. The average Bonchev–Trinajstić information content (AvgIpc) is 3.34. The number of hydrogen-bond acceptors (Lipinski definition) is 3. The Labute approximate surface area is 171 Å². The van der Waals surface area contributed by atoms with Crippen LogP contribution in [0.2, 0.25) is 0 Å². The molecule has 6 nitrogen and oxygen atoms in total. The third-order valence-corrected chi connectivity index (χ3v) is 4.18. The molecule has 3 N–H and O–H groups in total. The van der Waals surface area contributed by atoms with Crippen LogP contribution in [0, 0.1) is 5.92 Å². The van der Waals surface area contributed by atoms with Gasteiger partial charge >= 0.3 is 0 Å². The third-order valence-electron chi connectivity index (χ3n) is 4.18. The minimum Gasteiger partial charge on any atom is -0.357 e. The number of halogens is 1. The molecule has 0 spiro atoms. The van der Waals surface area contributed by atoms with Crippen molar-refractivity contribution in [2.24, 2.45) is 10.9 Å². The Morgan fingerprint density at radius 3 is 2.20 bits per heavy atom. The summed E-state index contributed by atoms with van der Waals surface area (Å²) >= 11 is 0. The summed E-state index contributed by atoms with van der Waals surface area (Å²) < 4.78 is 0. The van der Waals surface area contributed by atoms with E-state index in [0.717, 1.165) is 44.9 Å². The lowest BCUT2D eigenvalue weighted by molar-refractivity contribution is -0.122. The molecule has 1 aliphatic carbocycles. The lowest BCUT2D eigenvalue weighted by atomic mass is 10.2. The number of carbonyl (C=O) groups is 1. The van der Waals surface area contributed by atoms with Crippen molar-refractivity contribution >= 4 is 35.8 Å². The van der Waals surface area contributed by atoms with E-state index in [0.29, 0.717) is 25.2 Å². The smallest absolute Gasteiger partial charge is 0.223 e. The maximum Gasteiger partial charge on any atom is 0.223 e. The minimum absolute atomic E-state index is 0. The first kappa shape index (κ1) is 24.4. The fourth-order valence-electron chi connectivity index (χ4n) is 2.76. The highest BCUT2D eigenvalue weighted by molar-refractivity contribution is 14.0. The summed E-state index contributed by atoms with van der Waals surface area (Å²) in [6.07, 6.45) is 3.14. The highest BCUT2D eigenvalue weighted by atomic mass is 127. The molecule has 1 rings (SSSR count). The molecule has 1 saturated carbocycles. The molecule has 0 heterocycles. The molecule has 1 fully saturated rings. The first-order chi connectivity index (χ1) is 11.5. The second-order valence-electron chi connectivity index (χ2n) is 7.03. The Morgan fingerprint density at radius 1 is 1.08 bits per heavy atom. The van der Waals surface area contributed by atoms with Crippen LogP contribution in [0.25, 0.3) is 0 Å². The topological polar surface area (TPSA) is 68.8 Å². The third kappa shape index (κ3) is 10.9. The van der Waals surface area contributed by atoms with Crippen molar-refractivity contribution in [3.05, 3.63) is 0 Å². The van der Waals surface area contributed by atoms with Gasteiger partial charge in [-0.1, -0.05) is 0 Å². The van der Waals surface area contributed by atoms with Gasteiger partial charge in [-0.15, -0.1) is 24.0 Å². The zero-order chi connectivity index (χ0) is 17.9. The highest BCUT2D eigenvalue weighted by Gasteiger charge is 2.28. The molecule has 0 aromatic carbocycles. The Kier molecular flexibility index (Phi) is 13.3. The quantitative estimate of drug-likeness (QED) is 0.189. The maximum absolute atomic E-state index is 11.6. The van der Waals surface area contributed by atoms with Gasteiger partial charge in [-0.05, 0) is 53.9 Å². The molecule has 0 aromatic rings. The lowest BCUT2D eigenvalue weighted by Crippen LogP contribution is -2.42. The summed E-state index contributed by atoms with van der Waals surface area (Å²) in [6.45, 7) is 15.1. The predicted octanol–water partition coefficient (Wildman–Crippen LogP) is 2.19. The Bertz CT molecular complexity index is 389. The second-order valence-corrected chi connectivity index (χ2v) is 7.03. The molecule has 1 aliphatic rings. The average molecular weight is 467 g/mol. The van der Waals surface area contributed by atoms with E-state index in [2.05, 4.69) is 60.5 Å². The fourth-order valence-corrected chi connectivity index (χ4v) is 2.76. The first-order valence-corrected chi connectivity index (χ1v) is 9.51. The molecule has 0 bridgehead atoms. The molecule has 0 aliphatic heterocycles. The van der Waals surface area contributed by atoms with Crippen LogP contribution in [0.15, 0.2) is 4.99 Å². The summed E-state index contributed by atoms with van der Waals surface area (Å²) in [5, 5.41) is 9.49. The van der Waals surface area contributed by atoms with E-state index in [1.807, 2.05) is 0 Å². The number of carbonyl (C=O) groups excluding carboxylic acids is 1. The van der Waals surface area contributed by atoms with Crippen molar-refractivity contribution in [3.63, 3.8) is 0 Å². The predicted molar refractivity (Wildman–Crippen MR) is 117 cm³/mol. The van der Waals surface area contributed by atoms with Crippen molar-refractivity contribution < 1.29 is 4.79 Å². The van der Waals surface area contributed by atoms with Crippen molar-refractivity contribution in [1.82, 2.24) is 20.9 Å². The maximum atomic E-state index is 11.6. The van der Waals surface area contributed by atoms with Gasteiger partial charge in [0.15, 0.2) is 5.96 Å². The van der Waals surface area contributed by atoms with Crippen LogP contribution in [-0.4, -0.2) is 61.6 Å². The van der Waals surface area contributed by atoms with Gasteiger partial charge in [-0.25, -0.2) is 0 Å². The Balaban J connectivity index is 0.00000576. The van der Waals surface area contributed by atoms with Crippen LogP contribution < -0.4 is 16.0 Å². The number of nitrogens with one attached hydrogen (secondary N) is 3. The van der Waals surface area contributed by atoms with Gasteiger partial charge in [0.2, 0.25) is 5.91 Å². The number of aliphatic imine (C=N–C) groups is 1. The van der Waals surface area contributed by atoms with Gasteiger partial charge in [-0.3, -0.25) is 14.7 Å². The number of hydrogen-bond donors (Lipinski definition) is 3. The summed E-state index contributed by atoms with van der Waals surface area (Å²) in [5.74, 6) is 1.30. The van der Waals surface area contributed by atoms with Crippen LogP contribution in [0.3, 0.4) is 0 Å². The fraction of sp³-hybridized carbons (Fsp3) is 0.889. The number of rotatable bonds is 11. The molecule has 7 heteroatoms. The SMILES string of the molecule is CCNC(=NCCCN(C(C)C)C(C)C)NCCNC(=O)C1CC1.I. The molecule has 0 atom stereocenters. The van der Waals surface area contributed by atoms with Crippen LogP contribution in [0.5, 0.6) is 0 Å². The molecule has 1 amide bonds. The van der Waals surface area contributed by atoms with Crippen LogP contribution in [0.4, 0.5) is 0 Å².